The Balaban J connectivity index is 1.88. The Labute approximate surface area is 162 Å². The van der Waals surface area contributed by atoms with Gasteiger partial charge in [-0.25, -0.2) is 0 Å². The van der Waals surface area contributed by atoms with Gasteiger partial charge in [0.25, 0.3) is 0 Å². The van der Waals surface area contributed by atoms with Crippen molar-refractivity contribution in [3.63, 3.8) is 0 Å². The molecule has 0 spiro atoms. The number of thioether (sulfide) groups is 1. The van der Waals surface area contributed by atoms with Crippen LogP contribution in [0.15, 0.2) is 47.4 Å². The quantitative estimate of drug-likeness (QED) is 0.387. The molecule has 1 amide bonds. The maximum absolute atomic E-state index is 12.0. The fourth-order valence-electron chi connectivity index (χ4n) is 2.01. The first-order valence-electron chi connectivity index (χ1n) is 7.67. The summed E-state index contributed by atoms with van der Waals surface area (Å²) in [6.45, 7) is 4.12. The van der Waals surface area contributed by atoms with Crippen LogP contribution in [0.2, 0.25) is 5.02 Å². The molecular weight excluding hydrogens is 376 g/mol. The zero-order valence-corrected chi connectivity index (χ0v) is 16.3. The van der Waals surface area contributed by atoms with Crippen LogP contribution in [0.5, 0.6) is 5.75 Å². The lowest BCUT2D eigenvalue weighted by Crippen LogP contribution is -2.35. The van der Waals surface area contributed by atoms with Crippen molar-refractivity contribution in [1.82, 2.24) is 5.32 Å². The molecule has 0 aliphatic carbocycles. The summed E-state index contributed by atoms with van der Waals surface area (Å²) in [5.74, 6) is 0.398. The Kier molecular flexibility index (Phi) is 7.11. The van der Waals surface area contributed by atoms with Crippen molar-refractivity contribution in [3.05, 3.63) is 53.1 Å². The summed E-state index contributed by atoms with van der Waals surface area (Å²) >= 11 is 12.4. The van der Waals surface area contributed by atoms with E-state index in [9.17, 15) is 9.90 Å². The van der Waals surface area contributed by atoms with Gasteiger partial charge in [0.2, 0.25) is 5.91 Å². The molecule has 2 aromatic carbocycles. The van der Waals surface area contributed by atoms with Crippen LogP contribution in [0, 0.1) is 0 Å². The van der Waals surface area contributed by atoms with Crippen molar-refractivity contribution in [2.24, 2.45) is 0 Å². The topological polar surface area (TPSA) is 61.4 Å². The lowest BCUT2D eigenvalue weighted by molar-refractivity contribution is -0.117. The predicted octanol–water partition coefficient (Wildman–Crippen LogP) is 4.77. The molecule has 0 aliphatic rings. The zero-order chi connectivity index (χ0) is 18.4. The van der Waals surface area contributed by atoms with Gasteiger partial charge in [0.1, 0.15) is 5.75 Å². The smallest absolute Gasteiger partial charge is 0.236 e. The Hall–Kier alpha value is -1.76. The van der Waals surface area contributed by atoms with E-state index in [2.05, 4.69) is 24.5 Å². The number of phenols is 1. The third kappa shape index (κ3) is 6.23. The number of hydrogen-bond donors (Lipinski definition) is 3. The number of hydrogen-bond acceptors (Lipinski definition) is 4. The van der Waals surface area contributed by atoms with Gasteiger partial charge in [-0.15, -0.1) is 11.8 Å². The molecule has 0 fully saturated rings. The molecule has 0 heterocycles. The highest BCUT2D eigenvalue weighted by Gasteiger charge is 2.10. The molecule has 3 N–H and O–H groups in total. The predicted molar refractivity (Wildman–Crippen MR) is 109 cm³/mol. The minimum atomic E-state index is -0.225. The second-order valence-electron chi connectivity index (χ2n) is 5.68. The van der Waals surface area contributed by atoms with Crippen LogP contribution < -0.4 is 10.6 Å². The number of rotatable bonds is 5. The van der Waals surface area contributed by atoms with Crippen molar-refractivity contribution >= 4 is 52.3 Å². The molecule has 0 bridgehead atoms. The molecule has 0 radical (unpaired) electrons. The zero-order valence-electron chi connectivity index (χ0n) is 13.9. The van der Waals surface area contributed by atoms with Crippen molar-refractivity contribution in [1.29, 1.82) is 0 Å². The van der Waals surface area contributed by atoms with E-state index < -0.39 is 0 Å². The van der Waals surface area contributed by atoms with E-state index in [1.165, 1.54) is 11.8 Å². The minimum absolute atomic E-state index is 0.0801. The van der Waals surface area contributed by atoms with E-state index in [1.807, 2.05) is 24.3 Å². The maximum Gasteiger partial charge on any atom is 0.236 e. The van der Waals surface area contributed by atoms with Crippen molar-refractivity contribution in [2.75, 3.05) is 11.1 Å². The SMILES string of the molecule is CC(C)c1ccc(O)c(NC(=S)NC(=O)CSc2ccc(Cl)cc2)c1. The van der Waals surface area contributed by atoms with Crippen LogP contribution in [0.3, 0.4) is 0 Å². The Morgan fingerprint density at radius 3 is 2.56 bits per heavy atom. The third-order valence-electron chi connectivity index (χ3n) is 3.37. The van der Waals surface area contributed by atoms with Gasteiger partial charge in [-0.1, -0.05) is 31.5 Å². The number of nitrogens with one attached hydrogen (secondary N) is 2. The number of carbonyl (C=O) groups is 1. The van der Waals surface area contributed by atoms with E-state index in [1.54, 1.807) is 18.2 Å². The summed E-state index contributed by atoms with van der Waals surface area (Å²) < 4.78 is 0. The van der Waals surface area contributed by atoms with Gasteiger partial charge < -0.3 is 15.7 Å². The van der Waals surface area contributed by atoms with Crippen LogP contribution in [0.1, 0.15) is 25.3 Å². The highest BCUT2D eigenvalue weighted by atomic mass is 35.5. The molecule has 2 rings (SSSR count). The first-order chi connectivity index (χ1) is 11.8. The molecule has 0 atom stereocenters. The molecule has 4 nitrogen and oxygen atoms in total. The molecule has 0 aliphatic heterocycles. The van der Waals surface area contributed by atoms with Gasteiger partial charge in [-0.3, -0.25) is 4.79 Å². The van der Waals surface area contributed by atoms with E-state index in [-0.39, 0.29) is 22.5 Å². The molecule has 25 heavy (non-hydrogen) atoms. The van der Waals surface area contributed by atoms with Crippen LogP contribution in [-0.2, 0) is 4.79 Å². The van der Waals surface area contributed by atoms with Gasteiger partial charge >= 0.3 is 0 Å². The third-order valence-corrected chi connectivity index (χ3v) is 4.84. The molecule has 2 aromatic rings. The Morgan fingerprint density at radius 1 is 1.24 bits per heavy atom. The fraction of sp³-hybridized carbons (Fsp3) is 0.222. The fourth-order valence-corrected chi connectivity index (χ4v) is 3.06. The number of amides is 1. The van der Waals surface area contributed by atoms with Gasteiger partial charge in [0.05, 0.1) is 11.4 Å². The van der Waals surface area contributed by atoms with Gasteiger partial charge in [-0.2, -0.15) is 0 Å². The molecule has 132 valence electrons. The van der Waals surface area contributed by atoms with Gasteiger partial charge in [0.15, 0.2) is 5.11 Å². The number of phenolic OH excluding ortho intramolecular Hbond substituents is 1. The first-order valence-corrected chi connectivity index (χ1v) is 9.44. The largest absolute Gasteiger partial charge is 0.506 e. The molecule has 0 saturated carbocycles. The molecule has 0 unspecified atom stereocenters. The number of aromatic hydroxyl groups is 1. The van der Waals surface area contributed by atoms with Crippen LogP contribution >= 0.6 is 35.6 Å². The molecular formula is C18H19ClN2O2S2. The lowest BCUT2D eigenvalue weighted by atomic mass is 10.0. The summed E-state index contributed by atoms with van der Waals surface area (Å²) in [6.07, 6.45) is 0. The summed E-state index contributed by atoms with van der Waals surface area (Å²) in [5.41, 5.74) is 1.54. The maximum atomic E-state index is 12.0. The van der Waals surface area contributed by atoms with Crippen LogP contribution in [-0.4, -0.2) is 21.9 Å². The van der Waals surface area contributed by atoms with Crippen LogP contribution in [0.4, 0.5) is 5.69 Å². The minimum Gasteiger partial charge on any atom is -0.506 e. The average molecular weight is 395 g/mol. The van der Waals surface area contributed by atoms with Crippen LogP contribution in [0.25, 0.3) is 0 Å². The molecule has 0 saturated heterocycles. The Morgan fingerprint density at radius 2 is 1.92 bits per heavy atom. The first kappa shape index (κ1) is 19.6. The van der Waals surface area contributed by atoms with Gasteiger partial charge in [-0.05, 0) is 60.1 Å². The summed E-state index contributed by atoms with van der Waals surface area (Å²) in [6, 6.07) is 12.5. The summed E-state index contributed by atoms with van der Waals surface area (Å²) in [5, 5.41) is 16.2. The van der Waals surface area contributed by atoms with Gasteiger partial charge in [0, 0.05) is 9.92 Å². The number of thiocarbonyl (C=S) groups is 1. The van der Waals surface area contributed by atoms with E-state index in [0.29, 0.717) is 16.6 Å². The monoisotopic (exact) mass is 394 g/mol. The standard InChI is InChI=1S/C18H19ClN2O2S2/c1-11(2)12-3-8-16(22)15(9-12)20-18(24)21-17(23)10-25-14-6-4-13(19)5-7-14/h3-9,11,22H,10H2,1-2H3,(H2,20,21,23,24). The van der Waals surface area contributed by atoms with Crippen molar-refractivity contribution < 1.29 is 9.90 Å². The second kappa shape index (κ2) is 9.08. The van der Waals surface area contributed by atoms with E-state index >= 15 is 0 Å². The van der Waals surface area contributed by atoms with E-state index in [4.69, 9.17) is 23.8 Å². The highest BCUT2D eigenvalue weighted by molar-refractivity contribution is 8.00. The number of anilines is 1. The van der Waals surface area contributed by atoms with Crippen molar-refractivity contribution in [2.45, 2.75) is 24.7 Å². The number of halogens is 1. The average Bonchev–Trinajstić information content (AvgIpc) is 2.56. The summed E-state index contributed by atoms with van der Waals surface area (Å²) in [4.78, 5) is 12.9. The molecule has 7 heteroatoms. The Bertz CT molecular complexity index is 764. The number of benzene rings is 2. The lowest BCUT2D eigenvalue weighted by Gasteiger charge is -2.13. The normalized spacial score (nSPS) is 10.6. The van der Waals surface area contributed by atoms with E-state index in [0.717, 1.165) is 10.5 Å². The second-order valence-corrected chi connectivity index (χ2v) is 7.57. The molecule has 0 aromatic heterocycles. The van der Waals surface area contributed by atoms with Crippen molar-refractivity contribution in [3.8, 4) is 5.75 Å². The number of carbonyl (C=O) groups excluding carboxylic acids is 1. The highest BCUT2D eigenvalue weighted by Crippen LogP contribution is 2.27. The summed E-state index contributed by atoms with van der Waals surface area (Å²) in [7, 11) is 0.